The number of nitrogens with one attached hydrogen (secondary N) is 2. The Kier molecular flexibility index (Phi) is 5.65. The maximum Gasteiger partial charge on any atom is 0.315 e. The molecule has 0 radical (unpaired) electrons. The highest BCUT2D eigenvalue weighted by atomic mass is 16.3. The van der Waals surface area contributed by atoms with E-state index in [2.05, 4.69) is 34.9 Å². The summed E-state index contributed by atoms with van der Waals surface area (Å²) in [6.45, 7) is 0.396. The van der Waals surface area contributed by atoms with E-state index in [0.29, 0.717) is 6.54 Å². The van der Waals surface area contributed by atoms with Gasteiger partial charge in [0.2, 0.25) is 0 Å². The summed E-state index contributed by atoms with van der Waals surface area (Å²) >= 11 is 0. The molecule has 4 heteroatoms. The number of hydrogen-bond donors (Lipinski definition) is 3. The second-order valence-corrected chi connectivity index (χ2v) is 5.93. The number of carbonyl (C=O) groups is 1. The standard InChI is InChI=1S/C21H22N2O2/c24-15-20(18-8-2-1-3-9-18)23-21(25)22-14-13-17-11-6-10-16-7-4-5-12-19(16)17/h1-12,20,24H,13-15H2,(H2,22,23,25). The molecule has 25 heavy (non-hydrogen) atoms. The van der Waals surface area contributed by atoms with Crippen LogP contribution in [0.4, 0.5) is 4.79 Å². The van der Waals surface area contributed by atoms with E-state index in [1.807, 2.05) is 48.5 Å². The molecule has 3 aromatic rings. The van der Waals surface area contributed by atoms with Crippen molar-refractivity contribution in [2.24, 2.45) is 0 Å². The van der Waals surface area contributed by atoms with Crippen molar-refractivity contribution < 1.29 is 9.90 Å². The Morgan fingerprint density at radius 2 is 1.64 bits per heavy atom. The number of rotatable bonds is 6. The minimum absolute atomic E-state index is 0.138. The van der Waals surface area contributed by atoms with Crippen molar-refractivity contribution in [3.8, 4) is 0 Å². The first-order chi connectivity index (χ1) is 12.3. The molecule has 3 aromatic carbocycles. The van der Waals surface area contributed by atoms with E-state index in [-0.39, 0.29) is 12.6 Å². The number of carbonyl (C=O) groups excluding carboxylic acids is 1. The van der Waals surface area contributed by atoms with Crippen molar-refractivity contribution in [3.05, 3.63) is 83.9 Å². The van der Waals surface area contributed by atoms with Crippen LogP contribution < -0.4 is 10.6 Å². The lowest BCUT2D eigenvalue weighted by Crippen LogP contribution is -2.40. The molecule has 0 aromatic heterocycles. The molecule has 4 nitrogen and oxygen atoms in total. The summed E-state index contributed by atoms with van der Waals surface area (Å²) in [4.78, 5) is 12.1. The van der Waals surface area contributed by atoms with Gasteiger partial charge in [0.1, 0.15) is 0 Å². The van der Waals surface area contributed by atoms with Crippen LogP contribution in [-0.2, 0) is 6.42 Å². The quantitative estimate of drug-likeness (QED) is 0.647. The first-order valence-electron chi connectivity index (χ1n) is 8.45. The summed E-state index contributed by atoms with van der Waals surface area (Å²) in [5.41, 5.74) is 2.09. The van der Waals surface area contributed by atoms with Crippen LogP contribution >= 0.6 is 0 Å². The van der Waals surface area contributed by atoms with Crippen molar-refractivity contribution in [2.75, 3.05) is 13.2 Å². The molecule has 0 heterocycles. The van der Waals surface area contributed by atoms with E-state index in [0.717, 1.165) is 12.0 Å². The predicted molar refractivity (Wildman–Crippen MR) is 100 cm³/mol. The van der Waals surface area contributed by atoms with Crippen molar-refractivity contribution in [2.45, 2.75) is 12.5 Å². The van der Waals surface area contributed by atoms with Gasteiger partial charge < -0.3 is 15.7 Å². The average molecular weight is 334 g/mol. The number of hydrogen-bond acceptors (Lipinski definition) is 2. The van der Waals surface area contributed by atoms with E-state index < -0.39 is 6.04 Å². The minimum Gasteiger partial charge on any atom is -0.394 e. The molecule has 0 fully saturated rings. The number of amides is 2. The molecular weight excluding hydrogens is 312 g/mol. The van der Waals surface area contributed by atoms with Crippen LogP contribution in [0.2, 0.25) is 0 Å². The molecule has 0 aliphatic carbocycles. The molecule has 0 saturated heterocycles. The molecule has 3 N–H and O–H groups in total. The minimum atomic E-state index is -0.404. The summed E-state index contributed by atoms with van der Waals surface area (Å²) < 4.78 is 0. The van der Waals surface area contributed by atoms with Gasteiger partial charge in [-0.05, 0) is 28.3 Å². The molecule has 3 rings (SSSR count). The maximum atomic E-state index is 12.1. The highest BCUT2D eigenvalue weighted by molar-refractivity contribution is 5.85. The number of fused-ring (bicyclic) bond motifs is 1. The summed E-state index contributed by atoms with van der Waals surface area (Å²) in [5, 5.41) is 17.6. The van der Waals surface area contributed by atoms with Gasteiger partial charge in [0.25, 0.3) is 0 Å². The first-order valence-corrected chi connectivity index (χ1v) is 8.45. The van der Waals surface area contributed by atoms with Crippen molar-refractivity contribution in [1.82, 2.24) is 10.6 Å². The zero-order valence-electron chi connectivity index (χ0n) is 14.0. The SMILES string of the molecule is O=C(NCCc1cccc2ccccc12)NC(CO)c1ccccc1. The molecular formula is C21H22N2O2. The highest BCUT2D eigenvalue weighted by Crippen LogP contribution is 2.18. The van der Waals surface area contributed by atoms with Gasteiger partial charge in [0.15, 0.2) is 0 Å². The third-order valence-electron chi connectivity index (χ3n) is 4.25. The van der Waals surface area contributed by atoms with Crippen LogP contribution in [0.3, 0.4) is 0 Å². The molecule has 128 valence electrons. The molecule has 0 saturated carbocycles. The van der Waals surface area contributed by atoms with Gasteiger partial charge in [0, 0.05) is 6.54 Å². The first kappa shape index (κ1) is 17.0. The van der Waals surface area contributed by atoms with E-state index in [9.17, 15) is 9.90 Å². The average Bonchev–Trinajstić information content (AvgIpc) is 2.67. The van der Waals surface area contributed by atoms with Crippen LogP contribution in [0.1, 0.15) is 17.2 Å². The van der Waals surface area contributed by atoms with Crippen LogP contribution in [0.5, 0.6) is 0 Å². The largest absolute Gasteiger partial charge is 0.394 e. The fraction of sp³-hybridized carbons (Fsp3) is 0.190. The van der Waals surface area contributed by atoms with Gasteiger partial charge in [-0.3, -0.25) is 0 Å². The zero-order chi connectivity index (χ0) is 17.5. The number of aliphatic hydroxyl groups excluding tert-OH is 1. The van der Waals surface area contributed by atoms with Crippen molar-refractivity contribution in [1.29, 1.82) is 0 Å². The molecule has 1 unspecified atom stereocenters. The summed E-state index contributed by atoms with van der Waals surface area (Å²) in [5.74, 6) is 0. The van der Waals surface area contributed by atoms with E-state index >= 15 is 0 Å². The Bertz CT molecular complexity index is 828. The number of aliphatic hydroxyl groups is 1. The fourth-order valence-corrected chi connectivity index (χ4v) is 2.95. The molecule has 0 aliphatic heterocycles. The van der Waals surface area contributed by atoms with Gasteiger partial charge >= 0.3 is 6.03 Å². The lowest BCUT2D eigenvalue weighted by molar-refractivity contribution is 0.217. The Labute approximate surface area is 147 Å². The zero-order valence-corrected chi connectivity index (χ0v) is 14.0. The van der Waals surface area contributed by atoms with Gasteiger partial charge in [-0.15, -0.1) is 0 Å². The lowest BCUT2D eigenvalue weighted by Gasteiger charge is -2.17. The molecule has 0 bridgehead atoms. The molecule has 0 spiro atoms. The van der Waals surface area contributed by atoms with Crippen LogP contribution in [0.15, 0.2) is 72.8 Å². The van der Waals surface area contributed by atoms with Gasteiger partial charge in [-0.25, -0.2) is 4.79 Å². The second-order valence-electron chi connectivity index (χ2n) is 5.93. The highest BCUT2D eigenvalue weighted by Gasteiger charge is 2.12. The van der Waals surface area contributed by atoms with Crippen molar-refractivity contribution in [3.63, 3.8) is 0 Å². The Hall–Kier alpha value is -2.85. The normalized spacial score (nSPS) is 11.9. The Balaban J connectivity index is 1.55. The fourth-order valence-electron chi connectivity index (χ4n) is 2.95. The van der Waals surface area contributed by atoms with Crippen LogP contribution in [-0.4, -0.2) is 24.3 Å². The smallest absolute Gasteiger partial charge is 0.315 e. The Morgan fingerprint density at radius 1 is 0.920 bits per heavy atom. The molecule has 0 aliphatic rings. The number of urea groups is 1. The number of benzene rings is 3. The van der Waals surface area contributed by atoms with Crippen molar-refractivity contribution >= 4 is 16.8 Å². The summed E-state index contributed by atoms with van der Waals surface area (Å²) in [7, 11) is 0. The monoisotopic (exact) mass is 334 g/mol. The second kappa shape index (κ2) is 8.31. The molecule has 1 atom stereocenters. The third kappa shape index (κ3) is 4.37. The van der Waals surface area contributed by atoms with E-state index in [1.165, 1.54) is 16.3 Å². The maximum absolute atomic E-state index is 12.1. The van der Waals surface area contributed by atoms with E-state index in [1.54, 1.807) is 0 Å². The van der Waals surface area contributed by atoms with Gasteiger partial charge in [-0.1, -0.05) is 72.8 Å². The summed E-state index contributed by atoms with van der Waals surface area (Å²) in [6.07, 6.45) is 0.754. The topological polar surface area (TPSA) is 61.4 Å². The molecule has 2 amide bonds. The predicted octanol–water partition coefficient (Wildman–Crippen LogP) is 3.42. The van der Waals surface area contributed by atoms with Gasteiger partial charge in [0.05, 0.1) is 12.6 Å². The van der Waals surface area contributed by atoms with Gasteiger partial charge in [-0.2, -0.15) is 0 Å². The van der Waals surface area contributed by atoms with Crippen LogP contribution in [0.25, 0.3) is 10.8 Å². The summed E-state index contributed by atoms with van der Waals surface area (Å²) in [6, 6.07) is 23.2. The van der Waals surface area contributed by atoms with Crippen LogP contribution in [0, 0.1) is 0 Å². The lowest BCUT2D eigenvalue weighted by atomic mass is 10.0. The Morgan fingerprint density at radius 3 is 2.44 bits per heavy atom. The third-order valence-corrected chi connectivity index (χ3v) is 4.25. The van der Waals surface area contributed by atoms with E-state index in [4.69, 9.17) is 0 Å².